The van der Waals surface area contributed by atoms with Crippen LogP contribution in [0.3, 0.4) is 0 Å². The van der Waals surface area contributed by atoms with Gasteiger partial charge in [0.25, 0.3) is 5.91 Å². The van der Waals surface area contributed by atoms with Gasteiger partial charge in [0.1, 0.15) is 5.69 Å². The number of hydrogen-bond acceptors (Lipinski definition) is 2. The minimum Gasteiger partial charge on any atom is -0.364 e. The molecule has 1 aromatic heterocycles. The van der Waals surface area contributed by atoms with Gasteiger partial charge in [0.15, 0.2) is 0 Å². The molecule has 0 bridgehead atoms. The van der Waals surface area contributed by atoms with E-state index in [9.17, 15) is 18.0 Å². The van der Waals surface area contributed by atoms with E-state index in [1.807, 2.05) is 0 Å². The zero-order chi connectivity index (χ0) is 12.6. The molecule has 2 N–H and O–H groups in total. The smallest absolute Gasteiger partial charge is 0.364 e. The van der Waals surface area contributed by atoms with Crippen molar-refractivity contribution in [2.24, 2.45) is 5.73 Å². The van der Waals surface area contributed by atoms with Crippen LogP contribution in [0.5, 0.6) is 0 Å². The maximum Gasteiger partial charge on any atom is 0.417 e. The molecule has 0 aliphatic carbocycles. The van der Waals surface area contributed by atoms with Gasteiger partial charge in [-0.25, -0.2) is 4.98 Å². The maximum absolute atomic E-state index is 12.6. The fourth-order valence-electron chi connectivity index (χ4n) is 1.46. The van der Waals surface area contributed by atoms with Gasteiger partial charge in [-0.15, -0.1) is 0 Å². The van der Waals surface area contributed by atoms with Crippen LogP contribution in [-0.4, -0.2) is 10.9 Å². The number of alkyl halides is 3. The first-order chi connectivity index (χ1) is 7.89. The summed E-state index contributed by atoms with van der Waals surface area (Å²) in [6.07, 6.45) is -4.47. The second-order valence-electron chi connectivity index (χ2n) is 3.35. The molecule has 6 heteroatoms. The summed E-state index contributed by atoms with van der Waals surface area (Å²) in [6.45, 7) is 0. The molecule has 0 aliphatic heterocycles. The van der Waals surface area contributed by atoms with Gasteiger partial charge < -0.3 is 5.73 Å². The first-order valence-corrected chi connectivity index (χ1v) is 4.58. The Labute approximate surface area is 94.1 Å². The second-order valence-corrected chi connectivity index (χ2v) is 3.35. The average Bonchev–Trinajstić information content (AvgIpc) is 2.26. The van der Waals surface area contributed by atoms with Crippen molar-refractivity contribution in [3.63, 3.8) is 0 Å². The highest BCUT2D eigenvalue weighted by Crippen LogP contribution is 2.33. The first kappa shape index (κ1) is 11.4. The van der Waals surface area contributed by atoms with Crippen molar-refractivity contribution in [2.45, 2.75) is 6.18 Å². The first-order valence-electron chi connectivity index (χ1n) is 4.58. The molecule has 0 fully saturated rings. The summed E-state index contributed by atoms with van der Waals surface area (Å²) in [4.78, 5) is 14.6. The number of hydrogen-bond donors (Lipinski definition) is 1. The van der Waals surface area contributed by atoms with Gasteiger partial charge in [0.2, 0.25) is 0 Å². The van der Waals surface area contributed by atoms with E-state index >= 15 is 0 Å². The van der Waals surface area contributed by atoms with Crippen LogP contribution in [0.1, 0.15) is 16.1 Å². The number of fused-ring (bicyclic) bond motifs is 1. The van der Waals surface area contributed by atoms with Crippen molar-refractivity contribution in [3.8, 4) is 0 Å². The Morgan fingerprint density at radius 2 is 2.00 bits per heavy atom. The van der Waals surface area contributed by atoms with Crippen LogP contribution in [0.15, 0.2) is 24.3 Å². The Bertz CT molecular complexity index is 593. The Morgan fingerprint density at radius 1 is 1.29 bits per heavy atom. The van der Waals surface area contributed by atoms with Gasteiger partial charge in [-0.2, -0.15) is 13.2 Å². The van der Waals surface area contributed by atoms with E-state index in [2.05, 4.69) is 11.1 Å². The zero-order valence-corrected chi connectivity index (χ0v) is 8.38. The Balaban J connectivity index is 2.72. The molecule has 87 valence electrons. The van der Waals surface area contributed by atoms with Crippen molar-refractivity contribution in [1.82, 2.24) is 4.98 Å². The highest BCUT2D eigenvalue weighted by Gasteiger charge is 2.32. The summed E-state index contributed by atoms with van der Waals surface area (Å²) in [7, 11) is 0. The standard InChI is InChI=1S/C11H6F3N2O/c12-11(13,14)7-2-1-3-8-6(7)4-5-9(16-8)10(15)17/h1-2,4-5H,(H2,15,17). The zero-order valence-electron chi connectivity index (χ0n) is 8.38. The van der Waals surface area contributed by atoms with E-state index in [-0.39, 0.29) is 16.6 Å². The monoisotopic (exact) mass is 239 g/mol. The average molecular weight is 239 g/mol. The fourth-order valence-corrected chi connectivity index (χ4v) is 1.46. The van der Waals surface area contributed by atoms with Gasteiger partial charge in [-0.3, -0.25) is 4.79 Å². The molecule has 1 aromatic carbocycles. The number of halogens is 3. The third kappa shape index (κ3) is 2.06. The number of carbonyl (C=O) groups is 1. The highest BCUT2D eigenvalue weighted by molar-refractivity contribution is 5.94. The third-order valence-electron chi connectivity index (χ3n) is 2.21. The van der Waals surface area contributed by atoms with Crippen molar-refractivity contribution >= 4 is 16.8 Å². The number of amides is 1. The predicted molar refractivity (Wildman–Crippen MR) is 54.1 cm³/mol. The predicted octanol–water partition coefficient (Wildman–Crippen LogP) is 2.15. The molecule has 3 nitrogen and oxygen atoms in total. The Morgan fingerprint density at radius 3 is 2.59 bits per heavy atom. The van der Waals surface area contributed by atoms with Crippen molar-refractivity contribution in [3.05, 3.63) is 41.6 Å². The molecule has 17 heavy (non-hydrogen) atoms. The van der Waals surface area contributed by atoms with E-state index in [1.165, 1.54) is 6.07 Å². The van der Waals surface area contributed by atoms with Gasteiger partial charge >= 0.3 is 6.18 Å². The SMILES string of the molecule is NC(=O)c1ccc2c(C(F)(F)F)cc[c]c2n1. The Hall–Kier alpha value is -2.11. The van der Waals surface area contributed by atoms with E-state index < -0.39 is 17.6 Å². The number of nitrogens with two attached hydrogens (primary N) is 1. The summed E-state index contributed by atoms with van der Waals surface area (Å²) in [5.41, 5.74) is 4.06. The summed E-state index contributed by atoms with van der Waals surface area (Å²) in [5.74, 6) is -0.794. The number of carbonyl (C=O) groups excluding carboxylic acids is 1. The van der Waals surface area contributed by atoms with E-state index in [4.69, 9.17) is 5.73 Å². The molecular formula is C11H6F3N2O. The largest absolute Gasteiger partial charge is 0.417 e. The maximum atomic E-state index is 12.6. The molecule has 0 saturated heterocycles. The second kappa shape index (κ2) is 3.73. The lowest BCUT2D eigenvalue weighted by Gasteiger charge is -2.09. The minimum atomic E-state index is -4.47. The van der Waals surface area contributed by atoms with Crippen LogP contribution in [0, 0.1) is 6.07 Å². The Kier molecular flexibility index (Phi) is 2.49. The lowest BCUT2D eigenvalue weighted by atomic mass is 10.1. The fraction of sp³-hybridized carbons (Fsp3) is 0.0909. The molecular weight excluding hydrogens is 233 g/mol. The molecule has 1 heterocycles. The van der Waals surface area contributed by atoms with Crippen LogP contribution in [0.2, 0.25) is 0 Å². The van der Waals surface area contributed by atoms with Gasteiger partial charge in [0.05, 0.1) is 11.1 Å². The molecule has 0 spiro atoms. The number of pyridine rings is 1. The van der Waals surface area contributed by atoms with Crippen LogP contribution in [0.25, 0.3) is 10.9 Å². The van der Waals surface area contributed by atoms with Crippen LogP contribution in [-0.2, 0) is 6.18 Å². The molecule has 1 radical (unpaired) electrons. The van der Waals surface area contributed by atoms with Gasteiger partial charge in [-0.1, -0.05) is 6.07 Å². The van der Waals surface area contributed by atoms with Gasteiger partial charge in [0, 0.05) is 11.5 Å². The van der Waals surface area contributed by atoms with E-state index in [0.717, 1.165) is 18.2 Å². The number of rotatable bonds is 1. The quantitative estimate of drug-likeness (QED) is 0.828. The van der Waals surface area contributed by atoms with Gasteiger partial charge in [-0.05, 0) is 18.2 Å². The number of nitrogens with zero attached hydrogens (tertiary/aromatic N) is 1. The van der Waals surface area contributed by atoms with E-state index in [0.29, 0.717) is 0 Å². The van der Waals surface area contributed by atoms with E-state index in [1.54, 1.807) is 0 Å². The van der Waals surface area contributed by atoms with Crippen LogP contribution < -0.4 is 5.73 Å². The summed E-state index contributed by atoms with van der Waals surface area (Å²) in [6, 6.07) is 6.89. The molecule has 0 aliphatic rings. The van der Waals surface area contributed by atoms with Crippen molar-refractivity contribution in [1.29, 1.82) is 0 Å². The molecule has 2 aromatic rings. The highest BCUT2D eigenvalue weighted by atomic mass is 19.4. The lowest BCUT2D eigenvalue weighted by molar-refractivity contribution is -0.136. The molecule has 0 saturated carbocycles. The van der Waals surface area contributed by atoms with Crippen molar-refractivity contribution in [2.75, 3.05) is 0 Å². The molecule has 0 unspecified atom stereocenters. The molecule has 0 atom stereocenters. The summed E-state index contributed by atoms with van der Waals surface area (Å²) in [5, 5.41) is -0.106. The lowest BCUT2D eigenvalue weighted by Crippen LogP contribution is -2.13. The third-order valence-corrected chi connectivity index (χ3v) is 2.21. The summed E-state index contributed by atoms with van der Waals surface area (Å²) >= 11 is 0. The van der Waals surface area contributed by atoms with Crippen molar-refractivity contribution < 1.29 is 18.0 Å². The normalized spacial score (nSPS) is 11.7. The number of benzene rings is 1. The summed E-state index contributed by atoms with van der Waals surface area (Å²) < 4.78 is 37.9. The number of primary amides is 1. The molecule has 2 rings (SSSR count). The van der Waals surface area contributed by atoms with Crippen LogP contribution in [0.4, 0.5) is 13.2 Å². The number of aromatic nitrogens is 1. The topological polar surface area (TPSA) is 56.0 Å². The van der Waals surface area contributed by atoms with Crippen LogP contribution >= 0.6 is 0 Å². The molecule has 1 amide bonds. The minimum absolute atomic E-state index is 0.0314.